The predicted octanol–water partition coefficient (Wildman–Crippen LogP) is 2.79. The van der Waals surface area contributed by atoms with Crippen molar-refractivity contribution in [2.75, 3.05) is 0 Å². The summed E-state index contributed by atoms with van der Waals surface area (Å²) in [6, 6.07) is 0. The zero-order chi connectivity index (χ0) is 8.10. The summed E-state index contributed by atoms with van der Waals surface area (Å²) >= 11 is 0. The summed E-state index contributed by atoms with van der Waals surface area (Å²) in [4.78, 5) is 10.6. The Balaban J connectivity index is 2.25. The molecule has 11 heavy (non-hydrogen) atoms. The van der Waals surface area contributed by atoms with Crippen molar-refractivity contribution in [2.45, 2.75) is 45.4 Å². The monoisotopic (exact) mass is 154 g/mol. The molecule has 0 amide bonds. The van der Waals surface area contributed by atoms with Crippen molar-refractivity contribution < 1.29 is 4.79 Å². The first kappa shape index (κ1) is 8.76. The SMILES string of the molecule is CCCC[C@@H]1CCC[C@H]1C=O. The molecule has 0 spiro atoms. The van der Waals surface area contributed by atoms with Gasteiger partial charge in [0.25, 0.3) is 0 Å². The van der Waals surface area contributed by atoms with E-state index in [0.717, 1.165) is 12.3 Å². The molecule has 0 radical (unpaired) electrons. The van der Waals surface area contributed by atoms with Crippen LogP contribution < -0.4 is 0 Å². The Morgan fingerprint density at radius 2 is 2.27 bits per heavy atom. The molecule has 0 aromatic heterocycles. The summed E-state index contributed by atoms with van der Waals surface area (Å²) in [5.74, 6) is 1.13. The van der Waals surface area contributed by atoms with Gasteiger partial charge in [-0.15, -0.1) is 0 Å². The van der Waals surface area contributed by atoms with Gasteiger partial charge in [0.15, 0.2) is 0 Å². The maximum Gasteiger partial charge on any atom is 0.123 e. The third-order valence-electron chi connectivity index (χ3n) is 2.82. The maximum absolute atomic E-state index is 10.6. The Labute approximate surface area is 69.2 Å². The van der Waals surface area contributed by atoms with E-state index in [-0.39, 0.29) is 0 Å². The molecule has 64 valence electrons. The first-order valence-corrected chi connectivity index (χ1v) is 4.83. The van der Waals surface area contributed by atoms with Crippen molar-refractivity contribution in [3.05, 3.63) is 0 Å². The van der Waals surface area contributed by atoms with Gasteiger partial charge < -0.3 is 4.79 Å². The lowest BCUT2D eigenvalue weighted by Gasteiger charge is -2.12. The third kappa shape index (κ3) is 2.32. The molecule has 0 N–H and O–H groups in total. The van der Waals surface area contributed by atoms with Crippen molar-refractivity contribution in [2.24, 2.45) is 11.8 Å². The highest BCUT2D eigenvalue weighted by molar-refractivity contribution is 5.54. The zero-order valence-electron chi connectivity index (χ0n) is 7.38. The Bertz CT molecular complexity index is 120. The van der Waals surface area contributed by atoms with Crippen LogP contribution in [-0.4, -0.2) is 6.29 Å². The van der Waals surface area contributed by atoms with E-state index in [0.29, 0.717) is 5.92 Å². The highest BCUT2D eigenvalue weighted by Crippen LogP contribution is 2.33. The maximum atomic E-state index is 10.6. The molecule has 1 heteroatoms. The number of aldehydes is 1. The quantitative estimate of drug-likeness (QED) is 0.569. The van der Waals surface area contributed by atoms with Gasteiger partial charge in [-0.1, -0.05) is 26.2 Å². The van der Waals surface area contributed by atoms with Crippen LogP contribution in [0.5, 0.6) is 0 Å². The molecule has 0 aliphatic heterocycles. The van der Waals surface area contributed by atoms with Crippen molar-refractivity contribution >= 4 is 6.29 Å². The van der Waals surface area contributed by atoms with Crippen molar-refractivity contribution in [3.8, 4) is 0 Å². The average Bonchev–Trinajstić information content (AvgIpc) is 2.47. The first-order valence-electron chi connectivity index (χ1n) is 4.83. The van der Waals surface area contributed by atoms with E-state index in [9.17, 15) is 4.79 Å². The lowest BCUT2D eigenvalue weighted by atomic mass is 9.92. The summed E-state index contributed by atoms with van der Waals surface area (Å²) in [6.45, 7) is 2.21. The molecule has 1 saturated carbocycles. The van der Waals surface area contributed by atoms with Gasteiger partial charge >= 0.3 is 0 Å². The molecular formula is C10H18O. The number of unbranched alkanes of at least 4 members (excludes halogenated alkanes) is 1. The Morgan fingerprint density at radius 1 is 1.45 bits per heavy atom. The zero-order valence-corrected chi connectivity index (χ0v) is 7.38. The van der Waals surface area contributed by atoms with Crippen LogP contribution in [0, 0.1) is 11.8 Å². The molecule has 0 saturated heterocycles. The van der Waals surface area contributed by atoms with Crippen LogP contribution >= 0.6 is 0 Å². The van der Waals surface area contributed by atoms with E-state index in [1.165, 1.54) is 38.4 Å². The summed E-state index contributed by atoms with van der Waals surface area (Å²) < 4.78 is 0. The fraction of sp³-hybridized carbons (Fsp3) is 0.900. The van der Waals surface area contributed by atoms with Crippen LogP contribution in [0.1, 0.15) is 45.4 Å². The highest BCUT2D eigenvalue weighted by atomic mass is 16.1. The molecule has 0 heterocycles. The Kier molecular flexibility index (Phi) is 3.61. The minimum absolute atomic E-state index is 0.404. The Morgan fingerprint density at radius 3 is 2.91 bits per heavy atom. The van der Waals surface area contributed by atoms with Crippen LogP contribution in [0.15, 0.2) is 0 Å². The van der Waals surface area contributed by atoms with Crippen LogP contribution in [0.25, 0.3) is 0 Å². The minimum atomic E-state index is 0.404. The molecule has 0 aromatic rings. The van der Waals surface area contributed by atoms with E-state index < -0.39 is 0 Å². The number of hydrogen-bond acceptors (Lipinski definition) is 1. The normalized spacial score (nSPS) is 30.6. The van der Waals surface area contributed by atoms with Gasteiger partial charge in [0.05, 0.1) is 0 Å². The topological polar surface area (TPSA) is 17.1 Å². The second-order valence-corrected chi connectivity index (χ2v) is 3.63. The largest absolute Gasteiger partial charge is 0.303 e. The van der Waals surface area contributed by atoms with Gasteiger partial charge in [-0.2, -0.15) is 0 Å². The van der Waals surface area contributed by atoms with Crippen molar-refractivity contribution in [3.63, 3.8) is 0 Å². The molecular weight excluding hydrogens is 136 g/mol. The molecule has 1 aliphatic rings. The second kappa shape index (κ2) is 4.53. The fourth-order valence-electron chi connectivity index (χ4n) is 2.07. The molecule has 2 atom stereocenters. The molecule has 1 nitrogen and oxygen atoms in total. The summed E-state index contributed by atoms with van der Waals surface area (Å²) in [7, 11) is 0. The standard InChI is InChI=1S/C10H18O/c1-2-3-5-9-6-4-7-10(9)8-11/h8-10H,2-7H2,1H3/t9-,10+/m1/s1. The minimum Gasteiger partial charge on any atom is -0.303 e. The molecule has 0 aromatic carbocycles. The lowest BCUT2D eigenvalue weighted by Crippen LogP contribution is -2.08. The van der Waals surface area contributed by atoms with Gasteiger partial charge in [0, 0.05) is 5.92 Å². The van der Waals surface area contributed by atoms with Crippen LogP contribution in [0.3, 0.4) is 0 Å². The van der Waals surface area contributed by atoms with Crippen LogP contribution in [-0.2, 0) is 4.79 Å². The van der Waals surface area contributed by atoms with Gasteiger partial charge in [0.2, 0.25) is 0 Å². The number of rotatable bonds is 4. The van der Waals surface area contributed by atoms with Crippen molar-refractivity contribution in [1.82, 2.24) is 0 Å². The van der Waals surface area contributed by atoms with E-state index in [1.54, 1.807) is 0 Å². The van der Waals surface area contributed by atoms with E-state index >= 15 is 0 Å². The van der Waals surface area contributed by atoms with E-state index in [4.69, 9.17) is 0 Å². The van der Waals surface area contributed by atoms with Gasteiger partial charge in [-0.25, -0.2) is 0 Å². The van der Waals surface area contributed by atoms with Gasteiger partial charge in [-0.05, 0) is 25.2 Å². The first-order chi connectivity index (χ1) is 5.38. The smallest absolute Gasteiger partial charge is 0.123 e. The van der Waals surface area contributed by atoms with E-state index in [2.05, 4.69) is 6.92 Å². The average molecular weight is 154 g/mol. The van der Waals surface area contributed by atoms with Gasteiger partial charge in [0.1, 0.15) is 6.29 Å². The second-order valence-electron chi connectivity index (χ2n) is 3.63. The van der Waals surface area contributed by atoms with Crippen LogP contribution in [0.4, 0.5) is 0 Å². The summed E-state index contributed by atoms with van der Waals surface area (Å²) in [5.41, 5.74) is 0. The highest BCUT2D eigenvalue weighted by Gasteiger charge is 2.25. The van der Waals surface area contributed by atoms with Crippen molar-refractivity contribution in [1.29, 1.82) is 0 Å². The number of hydrogen-bond donors (Lipinski definition) is 0. The Hall–Kier alpha value is -0.330. The van der Waals surface area contributed by atoms with E-state index in [1.807, 2.05) is 0 Å². The molecule has 1 fully saturated rings. The van der Waals surface area contributed by atoms with Crippen LogP contribution in [0.2, 0.25) is 0 Å². The lowest BCUT2D eigenvalue weighted by molar-refractivity contribution is -0.112. The molecule has 1 rings (SSSR count). The molecule has 0 unspecified atom stereocenters. The molecule has 1 aliphatic carbocycles. The summed E-state index contributed by atoms with van der Waals surface area (Å²) in [6.07, 6.45) is 8.74. The number of carbonyl (C=O) groups is 1. The number of carbonyl (C=O) groups excluding carboxylic acids is 1. The summed E-state index contributed by atoms with van der Waals surface area (Å²) in [5, 5.41) is 0. The fourth-order valence-corrected chi connectivity index (χ4v) is 2.07. The predicted molar refractivity (Wildman–Crippen MR) is 46.4 cm³/mol. The van der Waals surface area contributed by atoms with Gasteiger partial charge in [-0.3, -0.25) is 0 Å². The molecule has 0 bridgehead atoms. The third-order valence-corrected chi connectivity index (χ3v) is 2.82.